The van der Waals surface area contributed by atoms with Crippen LogP contribution < -0.4 is 22.1 Å². The fourth-order valence-corrected chi connectivity index (χ4v) is 3.02. The normalized spacial score (nSPS) is 16.1. The van der Waals surface area contributed by atoms with Gasteiger partial charge in [0.25, 0.3) is 0 Å². The number of carbonyl (C=O) groups is 4. The van der Waals surface area contributed by atoms with Crippen LogP contribution in [-0.4, -0.2) is 94.3 Å². The van der Waals surface area contributed by atoms with E-state index in [4.69, 9.17) is 11.5 Å². The SMILES string of the molecule is CC(C)(C)NC(=O)N1CCN(C(=O)N[C@H](C(=O)O)[C@H](CCCN=C(N)N)C(=O)O)CC1. The number of nitrogens with two attached hydrogens (primary N) is 2. The molecule has 176 valence electrons. The van der Waals surface area contributed by atoms with Crippen LogP contribution in [0, 0.1) is 5.92 Å². The molecule has 1 rings (SSSR count). The van der Waals surface area contributed by atoms with Gasteiger partial charge >= 0.3 is 24.0 Å². The van der Waals surface area contributed by atoms with Crippen molar-refractivity contribution in [2.24, 2.45) is 22.4 Å². The topological polar surface area (TPSA) is 204 Å². The Balaban J connectivity index is 2.68. The van der Waals surface area contributed by atoms with Gasteiger partial charge in [-0.2, -0.15) is 0 Å². The van der Waals surface area contributed by atoms with Crippen molar-refractivity contribution in [3.05, 3.63) is 0 Å². The maximum Gasteiger partial charge on any atom is 0.327 e. The summed E-state index contributed by atoms with van der Waals surface area (Å²) in [6.45, 7) is 6.65. The van der Waals surface area contributed by atoms with Gasteiger partial charge in [-0.3, -0.25) is 9.79 Å². The second kappa shape index (κ2) is 11.2. The highest BCUT2D eigenvalue weighted by Crippen LogP contribution is 2.14. The molecule has 2 atom stereocenters. The van der Waals surface area contributed by atoms with Crippen molar-refractivity contribution in [3.63, 3.8) is 0 Å². The van der Waals surface area contributed by atoms with E-state index in [0.717, 1.165) is 0 Å². The molecule has 0 unspecified atom stereocenters. The van der Waals surface area contributed by atoms with Gasteiger partial charge in [0, 0.05) is 38.3 Å². The standard InChI is InChI=1S/C18H33N7O6/c1-18(2,3)23-17(31)25-9-7-24(8-10-25)16(30)22-12(14(28)29)11(13(26)27)5-4-6-21-15(19)20/h11-12H,4-10H2,1-3H3,(H,22,30)(H,23,31)(H,26,27)(H,28,29)(H4,19,20,21)/t11-,12-/m0/s1. The van der Waals surface area contributed by atoms with Crippen LogP contribution in [0.25, 0.3) is 0 Å². The minimum Gasteiger partial charge on any atom is -0.481 e. The smallest absolute Gasteiger partial charge is 0.327 e. The Bertz CT molecular complexity index is 694. The Morgan fingerprint density at radius 1 is 0.968 bits per heavy atom. The molecule has 0 radical (unpaired) electrons. The molecule has 0 spiro atoms. The van der Waals surface area contributed by atoms with Gasteiger partial charge in [0.05, 0.1) is 5.92 Å². The van der Waals surface area contributed by atoms with Gasteiger partial charge in [0.15, 0.2) is 5.96 Å². The van der Waals surface area contributed by atoms with Gasteiger partial charge in [0.1, 0.15) is 6.04 Å². The van der Waals surface area contributed by atoms with E-state index < -0.39 is 35.5 Å². The van der Waals surface area contributed by atoms with E-state index >= 15 is 0 Å². The molecule has 4 amide bonds. The maximum atomic E-state index is 12.5. The van der Waals surface area contributed by atoms with Crippen molar-refractivity contribution in [2.75, 3.05) is 32.7 Å². The molecular formula is C18H33N7O6. The summed E-state index contributed by atoms with van der Waals surface area (Å²) in [4.78, 5) is 54.7. The van der Waals surface area contributed by atoms with Crippen LogP contribution in [0.4, 0.5) is 9.59 Å². The predicted octanol–water partition coefficient (Wildman–Crippen LogP) is -0.971. The lowest BCUT2D eigenvalue weighted by Crippen LogP contribution is -2.59. The summed E-state index contributed by atoms with van der Waals surface area (Å²) in [5, 5.41) is 24.1. The highest BCUT2D eigenvalue weighted by Gasteiger charge is 2.36. The lowest BCUT2D eigenvalue weighted by molar-refractivity contribution is -0.151. The van der Waals surface area contributed by atoms with Crippen LogP contribution >= 0.6 is 0 Å². The number of nitrogens with zero attached hydrogens (tertiary/aromatic N) is 3. The first-order valence-corrected chi connectivity index (χ1v) is 9.95. The van der Waals surface area contributed by atoms with Gasteiger partial charge in [0.2, 0.25) is 0 Å². The van der Waals surface area contributed by atoms with Crippen LogP contribution in [-0.2, 0) is 9.59 Å². The zero-order chi connectivity index (χ0) is 23.8. The molecule has 0 aromatic rings. The first-order valence-electron chi connectivity index (χ1n) is 9.95. The number of rotatable bonds is 8. The number of carboxylic acid groups (broad SMARTS) is 2. The number of aliphatic imine (C=N–C) groups is 1. The van der Waals surface area contributed by atoms with Crippen molar-refractivity contribution in [1.29, 1.82) is 0 Å². The largest absolute Gasteiger partial charge is 0.481 e. The van der Waals surface area contributed by atoms with Gasteiger partial charge in [-0.05, 0) is 33.6 Å². The summed E-state index contributed by atoms with van der Waals surface area (Å²) >= 11 is 0. The number of carbonyl (C=O) groups excluding carboxylic acids is 2. The lowest BCUT2D eigenvalue weighted by atomic mass is 9.94. The summed E-state index contributed by atoms with van der Waals surface area (Å²) in [5.74, 6) is -4.30. The van der Waals surface area contributed by atoms with E-state index in [1.165, 1.54) is 4.90 Å². The maximum absolute atomic E-state index is 12.5. The fraction of sp³-hybridized carbons (Fsp3) is 0.722. The second-order valence-electron chi connectivity index (χ2n) is 8.31. The van der Waals surface area contributed by atoms with Crippen molar-refractivity contribution in [3.8, 4) is 0 Å². The average Bonchev–Trinajstić information content (AvgIpc) is 2.64. The summed E-state index contributed by atoms with van der Waals surface area (Å²) < 4.78 is 0. The molecule has 0 aromatic heterocycles. The average molecular weight is 444 g/mol. The quantitative estimate of drug-likeness (QED) is 0.156. The van der Waals surface area contributed by atoms with Gasteiger partial charge in [-0.25, -0.2) is 14.4 Å². The second-order valence-corrected chi connectivity index (χ2v) is 8.31. The summed E-state index contributed by atoms with van der Waals surface area (Å²) in [6, 6.07) is -2.56. The van der Waals surface area contributed by atoms with E-state index in [2.05, 4.69) is 15.6 Å². The number of piperazine rings is 1. The monoisotopic (exact) mass is 443 g/mol. The molecule has 13 nitrogen and oxygen atoms in total. The number of guanidine groups is 1. The van der Waals surface area contributed by atoms with E-state index in [9.17, 15) is 29.4 Å². The van der Waals surface area contributed by atoms with Crippen LogP contribution in [0.2, 0.25) is 0 Å². The molecule has 8 N–H and O–H groups in total. The Morgan fingerprint density at radius 3 is 1.90 bits per heavy atom. The van der Waals surface area contributed by atoms with Crippen molar-refractivity contribution >= 4 is 30.0 Å². The Labute approximate surface area is 180 Å². The highest BCUT2D eigenvalue weighted by molar-refractivity contribution is 5.87. The minimum absolute atomic E-state index is 0.0376. The van der Waals surface area contributed by atoms with Gasteiger partial charge in [-0.15, -0.1) is 0 Å². The molecule has 1 heterocycles. The summed E-state index contributed by atoms with van der Waals surface area (Å²) in [7, 11) is 0. The number of nitrogens with one attached hydrogen (secondary N) is 2. The lowest BCUT2D eigenvalue weighted by Gasteiger charge is -2.37. The molecule has 1 fully saturated rings. The van der Waals surface area contributed by atoms with Crippen LogP contribution in [0.5, 0.6) is 0 Å². The van der Waals surface area contributed by atoms with E-state index in [-0.39, 0.29) is 57.6 Å². The van der Waals surface area contributed by atoms with Crippen LogP contribution in [0.3, 0.4) is 0 Å². The Morgan fingerprint density at radius 2 is 1.48 bits per heavy atom. The molecule has 1 aliphatic heterocycles. The van der Waals surface area contributed by atoms with Crippen LogP contribution in [0.1, 0.15) is 33.6 Å². The number of hydrogen-bond donors (Lipinski definition) is 6. The molecule has 13 heteroatoms. The van der Waals surface area contributed by atoms with Crippen LogP contribution in [0.15, 0.2) is 4.99 Å². The van der Waals surface area contributed by atoms with Gasteiger partial charge in [-0.1, -0.05) is 0 Å². The first kappa shape index (κ1) is 25.8. The van der Waals surface area contributed by atoms with E-state index in [0.29, 0.717) is 0 Å². The molecule has 0 saturated carbocycles. The Kier molecular flexibility index (Phi) is 9.34. The zero-order valence-corrected chi connectivity index (χ0v) is 18.1. The zero-order valence-electron chi connectivity index (χ0n) is 18.1. The molecule has 31 heavy (non-hydrogen) atoms. The third-order valence-electron chi connectivity index (χ3n) is 4.57. The molecule has 0 bridgehead atoms. The van der Waals surface area contributed by atoms with Crippen molar-refractivity contribution in [2.45, 2.75) is 45.2 Å². The molecule has 1 saturated heterocycles. The predicted molar refractivity (Wildman–Crippen MR) is 112 cm³/mol. The third-order valence-corrected chi connectivity index (χ3v) is 4.57. The number of aliphatic carboxylic acids is 2. The highest BCUT2D eigenvalue weighted by atomic mass is 16.4. The van der Waals surface area contributed by atoms with E-state index in [1.54, 1.807) is 4.90 Å². The van der Waals surface area contributed by atoms with Gasteiger partial charge < -0.3 is 42.1 Å². The summed E-state index contributed by atoms with van der Waals surface area (Å²) in [6.07, 6.45) is 0.195. The molecule has 0 aromatic carbocycles. The Hall–Kier alpha value is -3.25. The third kappa shape index (κ3) is 8.97. The number of carboxylic acids is 2. The first-order chi connectivity index (χ1) is 14.3. The van der Waals surface area contributed by atoms with Crippen molar-refractivity contribution < 1.29 is 29.4 Å². The molecule has 1 aliphatic rings. The minimum atomic E-state index is -1.62. The summed E-state index contributed by atoms with van der Waals surface area (Å²) in [5.41, 5.74) is 10.0. The van der Waals surface area contributed by atoms with E-state index in [1.807, 2.05) is 20.8 Å². The molecular weight excluding hydrogens is 410 g/mol. The molecule has 0 aliphatic carbocycles. The number of amides is 4. The number of hydrogen-bond acceptors (Lipinski definition) is 5. The number of urea groups is 2. The fourth-order valence-electron chi connectivity index (χ4n) is 3.02. The van der Waals surface area contributed by atoms with Crippen molar-refractivity contribution in [1.82, 2.24) is 20.4 Å².